The van der Waals surface area contributed by atoms with Crippen molar-refractivity contribution < 1.29 is 0 Å². The Labute approximate surface area is 196 Å². The van der Waals surface area contributed by atoms with Gasteiger partial charge in [-0.2, -0.15) is 5.10 Å². The van der Waals surface area contributed by atoms with Gasteiger partial charge in [-0.25, -0.2) is 0 Å². The van der Waals surface area contributed by atoms with Gasteiger partial charge in [-0.1, -0.05) is 80.3 Å². The van der Waals surface area contributed by atoms with Gasteiger partial charge in [0.25, 0.3) is 0 Å². The van der Waals surface area contributed by atoms with Crippen molar-refractivity contribution in [1.82, 2.24) is 5.01 Å². The van der Waals surface area contributed by atoms with E-state index < -0.39 is 0 Å². The Kier molecular flexibility index (Phi) is 7.71. The van der Waals surface area contributed by atoms with E-state index in [0.717, 1.165) is 24.8 Å². The molecule has 1 heterocycles. The zero-order valence-electron chi connectivity index (χ0n) is 20.5. The summed E-state index contributed by atoms with van der Waals surface area (Å²) in [6, 6.07) is 11.4. The summed E-state index contributed by atoms with van der Waals surface area (Å²) in [6.45, 7) is 11.9. The van der Waals surface area contributed by atoms with Crippen LogP contribution < -0.4 is 0 Å². The maximum absolute atomic E-state index is 5.17. The Morgan fingerprint density at radius 3 is 2.47 bits per heavy atom. The van der Waals surface area contributed by atoms with E-state index in [1.165, 1.54) is 67.4 Å². The van der Waals surface area contributed by atoms with Crippen molar-refractivity contribution in [2.24, 2.45) is 28.8 Å². The smallest absolute Gasteiger partial charge is 0.0841 e. The fraction of sp³-hybridized carbons (Fsp3) is 0.567. The maximum atomic E-state index is 5.17. The van der Waals surface area contributed by atoms with Crippen LogP contribution in [0.5, 0.6) is 0 Å². The molecule has 3 atom stereocenters. The largest absolute Gasteiger partial charge is 0.288 e. The molecule has 1 aromatic carbocycles. The lowest BCUT2D eigenvalue weighted by Crippen LogP contribution is -2.32. The molecule has 4 rings (SSSR count). The van der Waals surface area contributed by atoms with E-state index in [9.17, 15) is 0 Å². The van der Waals surface area contributed by atoms with Gasteiger partial charge in [0.1, 0.15) is 0 Å². The van der Waals surface area contributed by atoms with Crippen LogP contribution in [0.2, 0.25) is 0 Å². The van der Waals surface area contributed by atoms with Crippen molar-refractivity contribution in [2.75, 3.05) is 6.54 Å². The van der Waals surface area contributed by atoms with Crippen molar-refractivity contribution in [3.8, 4) is 0 Å². The van der Waals surface area contributed by atoms with E-state index in [0.29, 0.717) is 17.9 Å². The minimum absolute atomic E-state index is 0.328. The van der Waals surface area contributed by atoms with Crippen LogP contribution in [-0.2, 0) is 0 Å². The van der Waals surface area contributed by atoms with Crippen LogP contribution in [0.4, 0.5) is 0 Å². The third-order valence-electron chi connectivity index (χ3n) is 7.84. The lowest BCUT2D eigenvalue weighted by molar-refractivity contribution is 0.144. The molecule has 1 aromatic rings. The molecule has 2 heteroatoms. The molecule has 2 aliphatic carbocycles. The molecule has 0 radical (unpaired) electrons. The normalized spacial score (nSPS) is 30.2. The van der Waals surface area contributed by atoms with Gasteiger partial charge in [0, 0.05) is 18.2 Å². The molecule has 0 spiro atoms. The molecule has 32 heavy (non-hydrogen) atoms. The van der Waals surface area contributed by atoms with Crippen LogP contribution in [0.3, 0.4) is 0 Å². The number of hydrazone groups is 1. The first kappa shape index (κ1) is 23.1. The second-order valence-corrected chi connectivity index (χ2v) is 10.7. The van der Waals surface area contributed by atoms with E-state index >= 15 is 0 Å². The van der Waals surface area contributed by atoms with Crippen molar-refractivity contribution >= 4 is 5.71 Å². The summed E-state index contributed by atoms with van der Waals surface area (Å²) in [4.78, 5) is 0. The third kappa shape index (κ3) is 5.63. The van der Waals surface area contributed by atoms with Crippen LogP contribution >= 0.6 is 0 Å². The van der Waals surface area contributed by atoms with Crippen LogP contribution in [0.1, 0.15) is 83.7 Å². The molecule has 1 fully saturated rings. The average Bonchev–Trinajstić information content (AvgIpc) is 3.11. The molecule has 172 valence electrons. The van der Waals surface area contributed by atoms with E-state index in [2.05, 4.69) is 80.9 Å². The van der Waals surface area contributed by atoms with Gasteiger partial charge >= 0.3 is 0 Å². The summed E-state index contributed by atoms with van der Waals surface area (Å²) in [5.41, 5.74) is 5.47. The highest BCUT2D eigenvalue weighted by molar-refractivity contribution is 5.89. The number of benzene rings is 1. The van der Waals surface area contributed by atoms with Crippen LogP contribution in [0.15, 0.2) is 71.4 Å². The molecule has 0 N–H and O–H groups in total. The number of allylic oxidation sites excluding steroid dienone is 4. The van der Waals surface area contributed by atoms with Gasteiger partial charge < -0.3 is 0 Å². The third-order valence-corrected chi connectivity index (χ3v) is 7.84. The van der Waals surface area contributed by atoms with Crippen LogP contribution in [0, 0.1) is 23.7 Å². The van der Waals surface area contributed by atoms with Crippen molar-refractivity contribution in [1.29, 1.82) is 0 Å². The van der Waals surface area contributed by atoms with Crippen molar-refractivity contribution in [3.63, 3.8) is 0 Å². The molecule has 0 aromatic heterocycles. The lowest BCUT2D eigenvalue weighted by atomic mass is 9.78. The van der Waals surface area contributed by atoms with E-state index in [4.69, 9.17) is 5.10 Å². The predicted octanol–water partition coefficient (Wildman–Crippen LogP) is 8.11. The monoisotopic (exact) mass is 430 g/mol. The fourth-order valence-corrected chi connectivity index (χ4v) is 5.95. The molecule has 0 amide bonds. The quantitative estimate of drug-likeness (QED) is 0.380. The zero-order valence-corrected chi connectivity index (χ0v) is 20.5. The van der Waals surface area contributed by atoms with Gasteiger partial charge in [-0.05, 0) is 74.8 Å². The molecule has 2 nitrogen and oxygen atoms in total. The summed E-state index contributed by atoms with van der Waals surface area (Å²) >= 11 is 0. The van der Waals surface area contributed by atoms with Crippen molar-refractivity contribution in [3.05, 3.63) is 71.8 Å². The predicted molar refractivity (Wildman–Crippen MR) is 138 cm³/mol. The summed E-state index contributed by atoms with van der Waals surface area (Å²) in [5, 5.41) is 7.62. The summed E-state index contributed by atoms with van der Waals surface area (Å²) in [7, 11) is 0. The maximum Gasteiger partial charge on any atom is 0.0841 e. The topological polar surface area (TPSA) is 15.6 Å². The SMILES string of the molecule is C=C(C)CCCC1CCC(CN2N=C(C)C(C3=CCC(C)C=C3)C2c2ccccc2)CC1. The first-order valence-corrected chi connectivity index (χ1v) is 12.9. The highest BCUT2D eigenvalue weighted by atomic mass is 15.5. The summed E-state index contributed by atoms with van der Waals surface area (Å²) in [5.74, 6) is 2.71. The number of rotatable bonds is 8. The first-order chi connectivity index (χ1) is 15.5. The second-order valence-electron chi connectivity index (χ2n) is 10.7. The minimum atomic E-state index is 0.328. The van der Waals surface area contributed by atoms with Gasteiger partial charge in [0.15, 0.2) is 0 Å². The Balaban J connectivity index is 1.43. The second kappa shape index (κ2) is 10.7. The number of nitrogens with zero attached hydrogens (tertiary/aromatic N) is 2. The summed E-state index contributed by atoms with van der Waals surface area (Å²) < 4.78 is 0. The molecule has 3 unspecified atom stereocenters. The van der Waals surface area contributed by atoms with Gasteiger partial charge in [-0.3, -0.25) is 5.01 Å². The van der Waals surface area contributed by atoms with E-state index in [-0.39, 0.29) is 0 Å². The molecular formula is C30H42N2. The molecule has 0 saturated heterocycles. The Morgan fingerprint density at radius 1 is 1.09 bits per heavy atom. The van der Waals surface area contributed by atoms with Crippen molar-refractivity contribution in [2.45, 2.75) is 78.2 Å². The number of hydrogen-bond acceptors (Lipinski definition) is 2. The van der Waals surface area contributed by atoms with Crippen LogP contribution in [0.25, 0.3) is 0 Å². The average molecular weight is 431 g/mol. The zero-order chi connectivity index (χ0) is 22.5. The molecule has 1 aliphatic heterocycles. The Bertz CT molecular complexity index is 854. The minimum Gasteiger partial charge on any atom is -0.288 e. The molecule has 0 bridgehead atoms. The van der Waals surface area contributed by atoms with E-state index in [1.54, 1.807) is 0 Å². The number of hydrogen-bond donors (Lipinski definition) is 0. The van der Waals surface area contributed by atoms with Gasteiger partial charge in [-0.15, -0.1) is 6.58 Å². The van der Waals surface area contributed by atoms with E-state index in [1.807, 2.05) is 0 Å². The standard InChI is InChI=1S/C30H42N2/c1-22(2)9-8-10-25-15-17-26(18-16-25)21-32-30(28-11-6-5-7-12-28)29(24(4)31-32)27-19-13-23(3)14-20-27/h5-7,11-13,19-20,23,25-26,29-30H,1,8-10,14-18,21H2,2-4H3. The highest BCUT2D eigenvalue weighted by Gasteiger charge is 2.39. The molecule has 3 aliphatic rings. The van der Waals surface area contributed by atoms with Crippen LogP contribution in [-0.4, -0.2) is 17.3 Å². The summed E-state index contributed by atoms with van der Waals surface area (Å²) in [6.07, 6.45) is 17.8. The molecule has 1 saturated carbocycles. The highest BCUT2D eigenvalue weighted by Crippen LogP contribution is 2.43. The Morgan fingerprint density at radius 2 is 1.81 bits per heavy atom. The fourth-order valence-electron chi connectivity index (χ4n) is 5.95. The molecular weight excluding hydrogens is 388 g/mol. The van der Waals surface area contributed by atoms with Gasteiger partial charge in [0.05, 0.1) is 6.04 Å². The van der Waals surface area contributed by atoms with Gasteiger partial charge in [0.2, 0.25) is 0 Å². The lowest BCUT2D eigenvalue weighted by Gasteiger charge is -2.35. The Hall–Kier alpha value is -2.09. The first-order valence-electron chi connectivity index (χ1n) is 12.9.